The highest BCUT2D eigenvalue weighted by molar-refractivity contribution is 6.31. The summed E-state index contributed by atoms with van der Waals surface area (Å²) in [6.45, 7) is 2.00. The smallest absolute Gasteiger partial charge is 0.274 e. The Morgan fingerprint density at radius 1 is 0.906 bits per heavy atom. The van der Waals surface area contributed by atoms with E-state index in [9.17, 15) is 9.59 Å². The summed E-state index contributed by atoms with van der Waals surface area (Å²) in [5.74, 6) is 0.965. The molecule has 4 heterocycles. The lowest BCUT2D eigenvalue weighted by molar-refractivity contribution is 0.848. The van der Waals surface area contributed by atoms with Crippen molar-refractivity contribution in [3.05, 3.63) is 91.2 Å². The number of aryl methyl sites for hydroxylation is 2. The van der Waals surface area contributed by atoms with Crippen molar-refractivity contribution in [1.29, 1.82) is 0 Å². The van der Waals surface area contributed by atoms with E-state index >= 15 is 0 Å². The molecule has 0 aliphatic carbocycles. The second-order valence-corrected chi connectivity index (χ2v) is 7.55. The number of rotatable bonds is 4. The van der Waals surface area contributed by atoms with Crippen molar-refractivity contribution >= 4 is 34.8 Å². The van der Waals surface area contributed by atoms with Crippen LogP contribution in [-0.4, -0.2) is 39.2 Å². The van der Waals surface area contributed by atoms with E-state index in [1.165, 1.54) is 39.4 Å². The van der Waals surface area contributed by atoms with Gasteiger partial charge in [0, 0.05) is 17.2 Å². The quantitative estimate of drug-likeness (QED) is 0.386. The number of nitrogens with zero attached hydrogens (tertiary/aromatic N) is 6. The largest absolute Gasteiger partial charge is 0.278 e. The second kappa shape index (κ2) is 9.33. The Balaban J connectivity index is 0.000000174. The molecule has 12 heteroatoms. The van der Waals surface area contributed by atoms with Crippen molar-refractivity contribution in [1.82, 2.24) is 39.2 Å². The van der Waals surface area contributed by atoms with E-state index in [-0.39, 0.29) is 17.0 Å². The van der Waals surface area contributed by atoms with Crippen molar-refractivity contribution in [2.45, 2.75) is 25.6 Å². The van der Waals surface area contributed by atoms with Gasteiger partial charge in [-0.3, -0.25) is 19.8 Å². The third-order valence-corrected chi connectivity index (χ3v) is 5.49. The van der Waals surface area contributed by atoms with Gasteiger partial charge in [-0.2, -0.15) is 9.03 Å². The van der Waals surface area contributed by atoms with Crippen LogP contribution in [0.4, 0.5) is 0 Å². The first-order valence-corrected chi connectivity index (χ1v) is 10.5. The number of fused-ring (bicyclic) bond motifs is 2. The topological polar surface area (TPSA) is 126 Å². The van der Waals surface area contributed by atoms with E-state index in [0.29, 0.717) is 23.7 Å². The summed E-state index contributed by atoms with van der Waals surface area (Å²) in [4.78, 5) is 39.2. The standard InChI is InChI=1S/C14H13ClN4O.C6H5ClN4O/c1-9-10(3-2-4-12(9)15)5-6-11-7-13(20)19-14(18-11)16-8-17-19;7-2-4-1-5(12)11-6(10-4)8-3-9-11/h2-4,7-8H,5-6H2,1H3,(H,16,17,18);1,3H,2H2,(H,8,9,10). The van der Waals surface area contributed by atoms with E-state index in [4.69, 9.17) is 23.2 Å². The molecule has 0 bridgehead atoms. The Morgan fingerprint density at radius 3 is 2.12 bits per heavy atom. The molecule has 2 N–H and O–H groups in total. The molecule has 0 saturated heterocycles. The number of aromatic nitrogens is 8. The second-order valence-electron chi connectivity index (χ2n) is 6.87. The molecule has 5 rings (SSSR count). The molecule has 0 saturated carbocycles. The SMILES string of the molecule is Cc1c(Cl)cccc1CCc1cc(=O)n2[nH]cnc2n1.O=c1cc(CCl)nc2nc[nH]n12. The Morgan fingerprint density at radius 2 is 1.50 bits per heavy atom. The zero-order valence-electron chi connectivity index (χ0n) is 16.9. The Kier molecular flexibility index (Phi) is 6.33. The van der Waals surface area contributed by atoms with E-state index < -0.39 is 0 Å². The summed E-state index contributed by atoms with van der Waals surface area (Å²) in [6, 6.07) is 8.76. The number of halogens is 2. The minimum atomic E-state index is -0.201. The summed E-state index contributed by atoms with van der Waals surface area (Å²) in [5.41, 5.74) is 3.17. The maximum absolute atomic E-state index is 11.8. The van der Waals surface area contributed by atoms with Crippen molar-refractivity contribution in [3.63, 3.8) is 0 Å². The van der Waals surface area contributed by atoms with Crippen LogP contribution in [0.5, 0.6) is 0 Å². The summed E-state index contributed by atoms with van der Waals surface area (Å²) < 4.78 is 2.56. The van der Waals surface area contributed by atoms with Crippen molar-refractivity contribution in [2.75, 3.05) is 0 Å². The molecule has 32 heavy (non-hydrogen) atoms. The monoisotopic (exact) mass is 472 g/mol. The Bertz CT molecular complexity index is 1500. The fourth-order valence-corrected chi connectivity index (χ4v) is 3.45. The first-order chi connectivity index (χ1) is 15.5. The fourth-order valence-electron chi connectivity index (χ4n) is 3.12. The minimum absolute atomic E-state index is 0.148. The maximum atomic E-state index is 11.8. The zero-order valence-corrected chi connectivity index (χ0v) is 18.4. The third-order valence-electron chi connectivity index (χ3n) is 4.81. The molecule has 5 aromatic rings. The van der Waals surface area contributed by atoms with Crippen LogP contribution in [0.15, 0.2) is 52.6 Å². The van der Waals surface area contributed by atoms with Gasteiger partial charge in [0.15, 0.2) is 0 Å². The number of aromatic amines is 2. The molecule has 10 nitrogen and oxygen atoms in total. The van der Waals surface area contributed by atoms with Gasteiger partial charge in [0.05, 0.1) is 17.3 Å². The van der Waals surface area contributed by atoms with Gasteiger partial charge >= 0.3 is 0 Å². The molecular formula is C20H18Cl2N8O2. The minimum Gasteiger partial charge on any atom is -0.278 e. The molecule has 164 valence electrons. The first-order valence-electron chi connectivity index (χ1n) is 9.60. The van der Waals surface area contributed by atoms with Crippen molar-refractivity contribution < 1.29 is 0 Å². The van der Waals surface area contributed by atoms with Crippen LogP contribution < -0.4 is 11.1 Å². The summed E-state index contributed by atoms with van der Waals surface area (Å²) in [7, 11) is 0. The van der Waals surface area contributed by atoms with Crippen LogP contribution in [0, 0.1) is 6.92 Å². The van der Waals surface area contributed by atoms with Crippen LogP contribution in [0.2, 0.25) is 5.02 Å². The van der Waals surface area contributed by atoms with E-state index in [2.05, 4.69) is 30.1 Å². The third kappa shape index (κ3) is 4.56. The molecule has 0 amide bonds. The van der Waals surface area contributed by atoms with Gasteiger partial charge in [0.2, 0.25) is 0 Å². The summed E-state index contributed by atoms with van der Waals surface area (Å²) in [6.07, 6.45) is 4.33. The van der Waals surface area contributed by atoms with Gasteiger partial charge < -0.3 is 0 Å². The van der Waals surface area contributed by atoms with Crippen LogP contribution in [0.1, 0.15) is 22.5 Å². The molecular weight excluding hydrogens is 455 g/mol. The number of hydrogen-bond donors (Lipinski definition) is 2. The highest BCUT2D eigenvalue weighted by Gasteiger charge is 2.07. The van der Waals surface area contributed by atoms with Gasteiger partial charge in [-0.15, -0.1) is 11.6 Å². The van der Waals surface area contributed by atoms with Crippen LogP contribution >= 0.6 is 23.2 Å². The van der Waals surface area contributed by atoms with Crippen LogP contribution in [0.25, 0.3) is 11.6 Å². The predicted octanol–water partition coefficient (Wildman–Crippen LogP) is 2.32. The van der Waals surface area contributed by atoms with Gasteiger partial charge in [-0.1, -0.05) is 23.7 Å². The molecule has 0 radical (unpaired) electrons. The first kappa shape index (κ1) is 21.7. The lowest BCUT2D eigenvalue weighted by Gasteiger charge is -2.07. The van der Waals surface area contributed by atoms with E-state index in [0.717, 1.165) is 22.7 Å². The highest BCUT2D eigenvalue weighted by Crippen LogP contribution is 2.19. The number of H-pyrrole nitrogens is 2. The highest BCUT2D eigenvalue weighted by atomic mass is 35.5. The Hall–Kier alpha value is -3.50. The van der Waals surface area contributed by atoms with Crippen LogP contribution in [0.3, 0.4) is 0 Å². The molecule has 1 aromatic carbocycles. The van der Waals surface area contributed by atoms with Gasteiger partial charge in [-0.05, 0) is 37.0 Å². The van der Waals surface area contributed by atoms with Gasteiger partial charge in [-0.25, -0.2) is 19.9 Å². The average Bonchev–Trinajstić information content (AvgIpc) is 3.45. The van der Waals surface area contributed by atoms with E-state index in [1.54, 1.807) is 0 Å². The molecule has 0 fully saturated rings. The van der Waals surface area contributed by atoms with E-state index in [1.807, 2.05) is 25.1 Å². The molecule has 0 aliphatic heterocycles. The lowest BCUT2D eigenvalue weighted by atomic mass is 10.0. The maximum Gasteiger partial charge on any atom is 0.274 e. The van der Waals surface area contributed by atoms with Gasteiger partial charge in [0.1, 0.15) is 12.7 Å². The number of hydrogen-bond acceptors (Lipinski definition) is 6. The normalized spacial score (nSPS) is 11.0. The number of alkyl halides is 1. The number of nitrogens with one attached hydrogen (secondary N) is 2. The summed E-state index contributed by atoms with van der Waals surface area (Å²) >= 11 is 11.6. The van der Waals surface area contributed by atoms with Crippen LogP contribution in [-0.2, 0) is 18.7 Å². The molecule has 0 atom stereocenters. The summed E-state index contributed by atoms with van der Waals surface area (Å²) in [5, 5.41) is 6.11. The fraction of sp³-hybridized carbons (Fsp3) is 0.200. The molecule has 0 aliphatic rings. The average molecular weight is 473 g/mol. The van der Waals surface area contributed by atoms with Crippen molar-refractivity contribution in [3.8, 4) is 0 Å². The van der Waals surface area contributed by atoms with Gasteiger partial charge in [0.25, 0.3) is 22.7 Å². The predicted molar refractivity (Wildman–Crippen MR) is 120 cm³/mol. The number of benzene rings is 1. The van der Waals surface area contributed by atoms with Crippen molar-refractivity contribution in [2.24, 2.45) is 0 Å². The zero-order chi connectivity index (χ0) is 22.7. The molecule has 4 aromatic heterocycles. The molecule has 0 unspecified atom stereocenters. The Labute approximate surface area is 190 Å². The lowest BCUT2D eigenvalue weighted by Crippen LogP contribution is -2.16. The molecule has 0 spiro atoms.